The van der Waals surface area contributed by atoms with Crippen LogP contribution in [0.15, 0.2) is 46.1 Å². The molecule has 1 unspecified atom stereocenters. The van der Waals surface area contributed by atoms with E-state index in [9.17, 15) is 14.7 Å². The van der Waals surface area contributed by atoms with E-state index in [-0.39, 0.29) is 0 Å². The van der Waals surface area contributed by atoms with Crippen LogP contribution in [0.5, 0.6) is 0 Å². The smallest absolute Gasteiger partial charge is 0.332 e. The average molecular weight is 353 g/mol. The third-order valence-corrected chi connectivity index (χ3v) is 4.57. The van der Waals surface area contributed by atoms with Gasteiger partial charge in [-0.25, -0.2) is 4.79 Å². The Hall–Kier alpha value is -3.13. The zero-order chi connectivity index (χ0) is 18.6. The first-order chi connectivity index (χ1) is 12.4. The molecule has 0 spiro atoms. The van der Waals surface area contributed by atoms with Gasteiger partial charge in [-0.2, -0.15) is 4.98 Å². The number of aryl methyl sites for hydroxylation is 1. The van der Waals surface area contributed by atoms with Crippen LogP contribution in [-0.2, 0) is 20.6 Å². The molecule has 0 aliphatic heterocycles. The van der Waals surface area contributed by atoms with E-state index in [2.05, 4.69) is 4.98 Å². The van der Waals surface area contributed by atoms with E-state index < -0.39 is 17.4 Å². The van der Waals surface area contributed by atoms with Gasteiger partial charge in [0.1, 0.15) is 0 Å². The molecule has 0 aliphatic carbocycles. The molecule has 26 heavy (non-hydrogen) atoms. The summed E-state index contributed by atoms with van der Waals surface area (Å²) in [6.45, 7) is 2.01. The summed E-state index contributed by atoms with van der Waals surface area (Å²) in [5.74, 6) is 0.512. The van der Waals surface area contributed by atoms with Crippen LogP contribution in [0.3, 0.4) is 0 Å². The van der Waals surface area contributed by atoms with Crippen molar-refractivity contribution in [3.63, 3.8) is 0 Å². The fraction of sp³-hybridized carbons (Fsp3) is 0.278. The fourth-order valence-corrected chi connectivity index (χ4v) is 3.30. The lowest BCUT2D eigenvalue weighted by Gasteiger charge is -2.10. The molecule has 4 aromatic rings. The predicted molar refractivity (Wildman–Crippen MR) is 98.3 cm³/mol. The summed E-state index contributed by atoms with van der Waals surface area (Å²) in [6.07, 6.45) is 1.23. The van der Waals surface area contributed by atoms with Crippen molar-refractivity contribution >= 4 is 16.9 Å². The minimum absolute atomic E-state index is 0.318. The Bertz CT molecular complexity index is 1240. The number of hydrogen-bond donors (Lipinski definition) is 1. The summed E-state index contributed by atoms with van der Waals surface area (Å²) in [6, 6.07) is 9.71. The summed E-state index contributed by atoms with van der Waals surface area (Å²) in [7, 11) is 3.04. The second-order valence-electron chi connectivity index (χ2n) is 6.50. The minimum Gasteiger partial charge on any atom is -0.392 e. The predicted octanol–water partition coefficient (Wildman–Crippen LogP) is 0.734. The normalized spacial score (nSPS) is 12.9. The number of imidazole rings is 2. The molecule has 8 nitrogen and oxygen atoms in total. The van der Waals surface area contributed by atoms with Crippen LogP contribution >= 0.6 is 0 Å². The van der Waals surface area contributed by atoms with Crippen LogP contribution in [0, 0.1) is 0 Å². The first-order valence-corrected chi connectivity index (χ1v) is 8.31. The molecular formula is C18H19N5O3. The molecule has 3 heterocycles. The monoisotopic (exact) mass is 353 g/mol. The van der Waals surface area contributed by atoms with Crippen LogP contribution < -0.4 is 11.2 Å². The Balaban J connectivity index is 2.16. The molecule has 8 heteroatoms. The number of benzene rings is 1. The molecule has 0 saturated heterocycles. The van der Waals surface area contributed by atoms with Crippen molar-refractivity contribution in [2.75, 3.05) is 0 Å². The van der Waals surface area contributed by atoms with Crippen LogP contribution in [0.2, 0.25) is 0 Å². The topological polar surface area (TPSA) is 86.5 Å². The number of fused-ring (bicyclic) bond motifs is 3. The van der Waals surface area contributed by atoms with Crippen molar-refractivity contribution in [3.8, 4) is 11.3 Å². The zero-order valence-corrected chi connectivity index (χ0v) is 14.7. The van der Waals surface area contributed by atoms with Gasteiger partial charge < -0.3 is 9.67 Å². The Morgan fingerprint density at radius 3 is 2.46 bits per heavy atom. The van der Waals surface area contributed by atoms with E-state index in [1.165, 1.54) is 11.6 Å². The highest BCUT2D eigenvalue weighted by atomic mass is 16.3. The zero-order valence-electron chi connectivity index (χ0n) is 14.7. The van der Waals surface area contributed by atoms with Crippen molar-refractivity contribution < 1.29 is 5.11 Å². The van der Waals surface area contributed by atoms with Gasteiger partial charge in [0.25, 0.3) is 5.56 Å². The van der Waals surface area contributed by atoms with Gasteiger partial charge in [0, 0.05) is 20.3 Å². The second kappa shape index (κ2) is 5.70. The van der Waals surface area contributed by atoms with Gasteiger partial charge in [-0.15, -0.1) is 0 Å². The van der Waals surface area contributed by atoms with Crippen molar-refractivity contribution in [2.45, 2.75) is 19.6 Å². The maximum absolute atomic E-state index is 12.7. The summed E-state index contributed by atoms with van der Waals surface area (Å²) >= 11 is 0. The fourth-order valence-electron chi connectivity index (χ4n) is 3.30. The Labute approximate surface area is 148 Å². The molecule has 1 atom stereocenters. The number of rotatable bonds is 3. The molecule has 0 aliphatic rings. The molecule has 0 amide bonds. The maximum atomic E-state index is 12.7. The van der Waals surface area contributed by atoms with Crippen molar-refractivity contribution in [3.05, 3.63) is 57.4 Å². The van der Waals surface area contributed by atoms with Gasteiger partial charge in [-0.3, -0.25) is 18.3 Å². The standard InChI is InChI=1S/C18H19N5O3/c1-11(24)9-22-13(12-7-5-4-6-8-12)10-23-14-15(19-17(22)23)20(2)18(26)21(3)16(14)25/h4-8,10-11,24H,9H2,1-3H3. The molecular weight excluding hydrogens is 334 g/mol. The Kier molecular flexibility index (Phi) is 3.58. The molecule has 0 radical (unpaired) electrons. The van der Waals surface area contributed by atoms with E-state index >= 15 is 0 Å². The van der Waals surface area contributed by atoms with Crippen LogP contribution in [0.25, 0.3) is 28.2 Å². The van der Waals surface area contributed by atoms with Gasteiger partial charge in [0.15, 0.2) is 11.2 Å². The molecule has 4 rings (SSSR count). The van der Waals surface area contributed by atoms with E-state index in [0.717, 1.165) is 15.8 Å². The van der Waals surface area contributed by atoms with Crippen molar-refractivity contribution in [1.82, 2.24) is 23.1 Å². The third-order valence-electron chi connectivity index (χ3n) is 4.57. The summed E-state index contributed by atoms with van der Waals surface area (Å²) in [5, 5.41) is 9.95. The van der Waals surface area contributed by atoms with Gasteiger partial charge in [-0.05, 0) is 12.5 Å². The SMILES string of the molecule is CC(O)Cn1c(-c2ccccc2)cn2c3c(=O)n(C)c(=O)n(C)c3nc12. The first-order valence-electron chi connectivity index (χ1n) is 8.31. The molecule has 0 saturated carbocycles. The van der Waals surface area contributed by atoms with Gasteiger partial charge >= 0.3 is 5.69 Å². The molecule has 134 valence electrons. The van der Waals surface area contributed by atoms with E-state index in [4.69, 9.17) is 0 Å². The van der Waals surface area contributed by atoms with Crippen molar-refractivity contribution in [2.24, 2.45) is 14.1 Å². The summed E-state index contributed by atoms with van der Waals surface area (Å²) in [5.41, 5.74) is 1.64. The van der Waals surface area contributed by atoms with E-state index in [1.54, 1.807) is 18.4 Å². The van der Waals surface area contributed by atoms with Crippen LogP contribution in [0.4, 0.5) is 0 Å². The number of nitrogens with zero attached hydrogens (tertiary/aromatic N) is 5. The quantitative estimate of drug-likeness (QED) is 0.588. The first kappa shape index (κ1) is 16.3. The molecule has 1 N–H and O–H groups in total. The van der Waals surface area contributed by atoms with Gasteiger partial charge in [0.2, 0.25) is 5.78 Å². The van der Waals surface area contributed by atoms with Gasteiger partial charge in [0.05, 0.1) is 18.3 Å². The average Bonchev–Trinajstić information content (AvgIpc) is 3.16. The second-order valence-corrected chi connectivity index (χ2v) is 6.50. The number of aliphatic hydroxyl groups is 1. The highest BCUT2D eigenvalue weighted by Gasteiger charge is 2.21. The Morgan fingerprint density at radius 1 is 1.12 bits per heavy atom. The van der Waals surface area contributed by atoms with E-state index in [0.29, 0.717) is 23.5 Å². The molecule has 0 bridgehead atoms. The third kappa shape index (κ3) is 2.22. The number of aromatic nitrogens is 5. The lowest BCUT2D eigenvalue weighted by atomic mass is 10.1. The minimum atomic E-state index is -0.597. The van der Waals surface area contributed by atoms with Crippen LogP contribution in [0.1, 0.15) is 6.92 Å². The lowest BCUT2D eigenvalue weighted by molar-refractivity contribution is 0.175. The summed E-state index contributed by atoms with van der Waals surface area (Å²) < 4.78 is 6.00. The highest BCUT2D eigenvalue weighted by molar-refractivity contribution is 5.78. The van der Waals surface area contributed by atoms with Crippen molar-refractivity contribution in [1.29, 1.82) is 0 Å². The molecule has 0 fully saturated rings. The number of aliphatic hydroxyl groups excluding tert-OH is 1. The van der Waals surface area contributed by atoms with Crippen LogP contribution in [-0.4, -0.2) is 34.3 Å². The highest BCUT2D eigenvalue weighted by Crippen LogP contribution is 2.25. The molecule has 1 aromatic carbocycles. The lowest BCUT2D eigenvalue weighted by Crippen LogP contribution is -2.37. The summed E-state index contributed by atoms with van der Waals surface area (Å²) in [4.78, 5) is 29.4. The maximum Gasteiger partial charge on any atom is 0.332 e. The molecule has 3 aromatic heterocycles. The largest absolute Gasteiger partial charge is 0.392 e. The van der Waals surface area contributed by atoms with Gasteiger partial charge in [-0.1, -0.05) is 30.3 Å². The Morgan fingerprint density at radius 2 is 1.81 bits per heavy atom. The number of hydrogen-bond acceptors (Lipinski definition) is 4. The van der Waals surface area contributed by atoms with E-state index in [1.807, 2.05) is 41.1 Å².